The molecule has 2 aromatic carbocycles. The van der Waals surface area contributed by atoms with Gasteiger partial charge in [0.15, 0.2) is 0 Å². The predicted molar refractivity (Wildman–Crippen MR) is 121 cm³/mol. The minimum atomic E-state index is -1.15. The number of ether oxygens (including phenoxy) is 1. The minimum absolute atomic E-state index is 0.00197. The second-order valence-corrected chi connectivity index (χ2v) is 8.78. The van der Waals surface area contributed by atoms with E-state index in [-0.39, 0.29) is 25.5 Å². The Balaban J connectivity index is 1.36. The number of likely N-dealkylation sites (tertiary alicyclic amines) is 1. The molecular weight excluding hydrogens is 424 g/mol. The highest BCUT2D eigenvalue weighted by Crippen LogP contribution is 2.44. The average Bonchev–Trinajstić information content (AvgIpc) is 3.35. The molecule has 174 valence electrons. The summed E-state index contributed by atoms with van der Waals surface area (Å²) in [7, 11) is 0. The zero-order chi connectivity index (χ0) is 23.7. The van der Waals surface area contributed by atoms with Crippen molar-refractivity contribution in [3.63, 3.8) is 0 Å². The number of fused-ring (bicyclic) bond motifs is 3. The van der Waals surface area contributed by atoms with E-state index in [2.05, 4.69) is 17.4 Å². The summed E-state index contributed by atoms with van der Waals surface area (Å²) in [6, 6.07) is 14.4. The van der Waals surface area contributed by atoms with Crippen LogP contribution in [0.15, 0.2) is 48.5 Å². The number of hydrogen-bond donors (Lipinski definition) is 3. The number of carbonyl (C=O) groups excluding carboxylic acids is 2. The molecule has 1 fully saturated rings. The molecule has 4 unspecified atom stereocenters. The number of carbonyl (C=O) groups is 3. The molecule has 8 heteroatoms. The molecule has 1 aliphatic carbocycles. The molecule has 33 heavy (non-hydrogen) atoms. The molecule has 3 N–H and O–H groups in total. The Bertz CT molecular complexity index is 1020. The smallest absolute Gasteiger partial charge is 0.407 e. The molecular formula is C25H28N2O6. The van der Waals surface area contributed by atoms with Crippen LogP contribution in [0, 0.1) is 5.92 Å². The lowest BCUT2D eigenvalue weighted by Gasteiger charge is -2.28. The number of carboxylic acid groups (broad SMARTS) is 1. The summed E-state index contributed by atoms with van der Waals surface area (Å²) in [4.78, 5) is 37.9. The van der Waals surface area contributed by atoms with Crippen molar-refractivity contribution >= 4 is 18.0 Å². The van der Waals surface area contributed by atoms with Gasteiger partial charge in [0.2, 0.25) is 5.91 Å². The first-order chi connectivity index (χ1) is 15.8. The number of benzene rings is 2. The maximum atomic E-state index is 12.8. The Hall–Kier alpha value is -3.39. The van der Waals surface area contributed by atoms with Crippen LogP contribution in [0.4, 0.5) is 4.79 Å². The van der Waals surface area contributed by atoms with Crippen LogP contribution in [0.1, 0.15) is 37.3 Å². The van der Waals surface area contributed by atoms with Gasteiger partial charge >= 0.3 is 12.1 Å². The van der Waals surface area contributed by atoms with Crippen LogP contribution in [0.3, 0.4) is 0 Å². The number of carboxylic acids is 1. The summed E-state index contributed by atoms with van der Waals surface area (Å²) in [6.45, 7) is 3.43. The zero-order valence-corrected chi connectivity index (χ0v) is 18.6. The van der Waals surface area contributed by atoms with Crippen molar-refractivity contribution in [2.75, 3.05) is 13.2 Å². The van der Waals surface area contributed by atoms with Crippen molar-refractivity contribution in [3.05, 3.63) is 59.7 Å². The summed E-state index contributed by atoms with van der Waals surface area (Å²) in [5, 5.41) is 21.8. The normalized spacial score (nSPS) is 21.1. The molecule has 4 rings (SSSR count). The van der Waals surface area contributed by atoms with Gasteiger partial charge < -0.3 is 25.2 Å². The number of amides is 2. The first-order valence-electron chi connectivity index (χ1n) is 11.1. The van der Waals surface area contributed by atoms with Gasteiger partial charge in [-0.25, -0.2) is 9.59 Å². The summed E-state index contributed by atoms with van der Waals surface area (Å²) < 4.78 is 5.53. The summed E-state index contributed by atoms with van der Waals surface area (Å²) in [5.41, 5.74) is 4.48. The van der Waals surface area contributed by atoms with Crippen molar-refractivity contribution in [1.82, 2.24) is 10.2 Å². The summed E-state index contributed by atoms with van der Waals surface area (Å²) in [6.07, 6.45) is -1.50. The van der Waals surface area contributed by atoms with Gasteiger partial charge in [0.25, 0.3) is 0 Å². The Morgan fingerprint density at radius 1 is 1.06 bits per heavy atom. The van der Waals surface area contributed by atoms with E-state index < -0.39 is 42.1 Å². The summed E-state index contributed by atoms with van der Waals surface area (Å²) in [5.74, 6) is -2.33. The molecule has 2 amide bonds. The van der Waals surface area contributed by atoms with Crippen LogP contribution >= 0.6 is 0 Å². The highest BCUT2D eigenvalue weighted by molar-refractivity contribution is 5.86. The highest BCUT2D eigenvalue weighted by atomic mass is 16.5. The lowest BCUT2D eigenvalue weighted by atomic mass is 9.98. The third-order valence-electron chi connectivity index (χ3n) is 6.68. The maximum Gasteiger partial charge on any atom is 0.407 e. The Morgan fingerprint density at radius 2 is 1.64 bits per heavy atom. The molecule has 1 heterocycles. The van der Waals surface area contributed by atoms with Crippen molar-refractivity contribution in [2.45, 2.75) is 44.4 Å². The van der Waals surface area contributed by atoms with Crippen LogP contribution in [-0.2, 0) is 14.3 Å². The number of alkyl carbamates (subject to hydrolysis) is 1. The maximum absolute atomic E-state index is 12.8. The van der Waals surface area contributed by atoms with Gasteiger partial charge in [-0.1, -0.05) is 55.5 Å². The SMILES string of the molecule is CC(NC(=O)OCC1c2ccccc2-c2ccccc21)C(C)C(=O)N1CC(O)CC1C(=O)O. The number of hydrogen-bond acceptors (Lipinski definition) is 5. The van der Waals surface area contributed by atoms with E-state index in [0.717, 1.165) is 22.3 Å². The van der Waals surface area contributed by atoms with Gasteiger partial charge in [-0.05, 0) is 29.2 Å². The van der Waals surface area contributed by atoms with Crippen molar-refractivity contribution in [3.8, 4) is 11.1 Å². The van der Waals surface area contributed by atoms with Gasteiger partial charge in [0, 0.05) is 24.9 Å². The van der Waals surface area contributed by atoms with Crippen LogP contribution in [-0.4, -0.2) is 64.4 Å². The first kappa shape index (κ1) is 22.8. The Morgan fingerprint density at radius 3 is 2.21 bits per heavy atom. The number of nitrogens with zero attached hydrogens (tertiary/aromatic N) is 1. The fraction of sp³-hybridized carbons (Fsp3) is 0.400. The van der Waals surface area contributed by atoms with Crippen LogP contribution in [0.2, 0.25) is 0 Å². The molecule has 8 nitrogen and oxygen atoms in total. The predicted octanol–water partition coefficient (Wildman–Crippen LogP) is 2.60. The fourth-order valence-electron chi connectivity index (χ4n) is 4.72. The second kappa shape index (κ2) is 9.23. The molecule has 2 aromatic rings. The lowest BCUT2D eigenvalue weighted by Crippen LogP contribution is -2.49. The van der Waals surface area contributed by atoms with E-state index in [1.807, 2.05) is 36.4 Å². The van der Waals surface area contributed by atoms with Crippen LogP contribution < -0.4 is 5.32 Å². The number of aliphatic hydroxyl groups excluding tert-OH is 1. The molecule has 0 saturated carbocycles. The Labute approximate surface area is 192 Å². The molecule has 0 bridgehead atoms. The molecule has 4 atom stereocenters. The van der Waals surface area contributed by atoms with Crippen LogP contribution in [0.5, 0.6) is 0 Å². The second-order valence-electron chi connectivity index (χ2n) is 8.78. The van der Waals surface area contributed by atoms with Gasteiger partial charge in [-0.2, -0.15) is 0 Å². The molecule has 0 aromatic heterocycles. The zero-order valence-electron chi connectivity index (χ0n) is 18.6. The monoisotopic (exact) mass is 452 g/mol. The van der Waals surface area contributed by atoms with E-state index in [9.17, 15) is 24.6 Å². The largest absolute Gasteiger partial charge is 0.480 e. The van der Waals surface area contributed by atoms with Gasteiger partial charge in [-0.15, -0.1) is 0 Å². The van der Waals surface area contributed by atoms with Gasteiger partial charge in [0.05, 0.1) is 12.0 Å². The van der Waals surface area contributed by atoms with Crippen molar-refractivity contribution < 1.29 is 29.3 Å². The molecule has 1 aliphatic heterocycles. The highest BCUT2D eigenvalue weighted by Gasteiger charge is 2.41. The number of rotatable bonds is 6. The molecule has 2 aliphatic rings. The van der Waals surface area contributed by atoms with Crippen molar-refractivity contribution in [1.29, 1.82) is 0 Å². The number of aliphatic carboxylic acids is 1. The first-order valence-corrected chi connectivity index (χ1v) is 11.1. The summed E-state index contributed by atoms with van der Waals surface area (Å²) >= 11 is 0. The Kier molecular flexibility index (Phi) is 6.37. The van der Waals surface area contributed by atoms with E-state index in [1.165, 1.54) is 4.90 Å². The van der Waals surface area contributed by atoms with E-state index in [1.54, 1.807) is 13.8 Å². The molecule has 0 spiro atoms. The fourth-order valence-corrected chi connectivity index (χ4v) is 4.72. The standard InChI is InChI=1S/C25H28N2O6/c1-14(23(29)27-12-16(28)11-22(27)24(30)31)15(2)26-25(32)33-13-21-19-9-5-3-7-17(19)18-8-4-6-10-20(18)21/h3-10,14-16,21-22,28H,11-13H2,1-2H3,(H,26,32)(H,30,31). The molecule has 0 radical (unpaired) electrons. The number of aliphatic hydroxyl groups is 1. The van der Waals surface area contributed by atoms with E-state index >= 15 is 0 Å². The third-order valence-corrected chi connectivity index (χ3v) is 6.68. The average molecular weight is 453 g/mol. The lowest BCUT2D eigenvalue weighted by molar-refractivity contribution is -0.150. The van der Waals surface area contributed by atoms with Gasteiger partial charge in [-0.3, -0.25) is 4.79 Å². The van der Waals surface area contributed by atoms with Crippen molar-refractivity contribution in [2.24, 2.45) is 5.92 Å². The van der Waals surface area contributed by atoms with Gasteiger partial charge in [0.1, 0.15) is 12.6 Å². The quantitative estimate of drug-likeness (QED) is 0.620. The third kappa shape index (κ3) is 4.43. The minimum Gasteiger partial charge on any atom is -0.480 e. The molecule has 1 saturated heterocycles. The van der Waals surface area contributed by atoms with E-state index in [4.69, 9.17) is 4.74 Å². The number of β-amino-alcohol motifs (C(OH)–C–C–N with tert-alkyl or cyclic N) is 1. The van der Waals surface area contributed by atoms with E-state index in [0.29, 0.717) is 0 Å². The number of nitrogens with one attached hydrogen (secondary N) is 1. The topological polar surface area (TPSA) is 116 Å². The van der Waals surface area contributed by atoms with Crippen LogP contribution in [0.25, 0.3) is 11.1 Å².